The van der Waals surface area contributed by atoms with Gasteiger partial charge in [0.2, 0.25) is 0 Å². The Balaban J connectivity index is 0.578. The smallest absolute Gasteiger partial charge is 0.144 e. The van der Waals surface area contributed by atoms with Crippen LogP contribution in [0.4, 0.5) is 17.1 Å². The summed E-state index contributed by atoms with van der Waals surface area (Å²) in [6, 6.07) is 117. The minimum atomic E-state index is -0.446. The average Bonchev–Trinajstić information content (AvgIpc) is 1.50. The van der Waals surface area contributed by atoms with Gasteiger partial charge in [0.1, 0.15) is 22.3 Å². The van der Waals surface area contributed by atoms with Crippen molar-refractivity contribution in [2.24, 2.45) is 0 Å². The molecule has 0 N–H and O–H groups in total. The van der Waals surface area contributed by atoms with Crippen LogP contribution in [0.1, 0.15) is 329 Å². The maximum atomic E-state index is 7.38. The number of furan rings is 2. The fourth-order valence-corrected chi connectivity index (χ4v) is 29.2. The number of anilines is 3. The van der Waals surface area contributed by atoms with E-state index < -0.39 is 10.8 Å². The molecule has 0 saturated heterocycles. The van der Waals surface area contributed by atoms with Crippen LogP contribution < -0.4 is 4.90 Å². The number of para-hydroxylation sites is 2. The molecule has 144 heavy (non-hydrogen) atoms. The quantitative estimate of drug-likeness (QED) is 0.0406. The van der Waals surface area contributed by atoms with E-state index in [1.807, 2.05) is 0 Å². The van der Waals surface area contributed by atoms with Crippen LogP contribution in [-0.2, 0) is 37.9 Å². The molecule has 0 radical (unpaired) electrons. The van der Waals surface area contributed by atoms with Gasteiger partial charge in [0, 0.05) is 87.6 Å². The number of rotatable bonds is 31. The van der Waals surface area contributed by atoms with Crippen LogP contribution in [0.5, 0.6) is 0 Å². The average molecular weight is 1880 g/mol. The van der Waals surface area contributed by atoms with Gasteiger partial charge in [0.05, 0.1) is 0 Å². The number of hydrogen-bond donors (Lipinski definition) is 0. The third kappa shape index (κ3) is 14.0. The molecule has 0 fully saturated rings. The van der Waals surface area contributed by atoms with Gasteiger partial charge >= 0.3 is 0 Å². The Hall–Kier alpha value is -13.1. The molecule has 0 bridgehead atoms. The largest absolute Gasteiger partial charge is 0.455 e. The molecule has 720 valence electrons. The summed E-state index contributed by atoms with van der Waals surface area (Å²) in [4.78, 5) is 2.57. The first kappa shape index (κ1) is 92.1. The van der Waals surface area contributed by atoms with E-state index in [0.717, 1.165) is 55.7 Å². The second kappa shape index (κ2) is 35.1. The first-order chi connectivity index (χ1) is 70.0. The minimum absolute atomic E-state index is 0.0138. The number of nitrogens with zero attached hydrogens (tertiary/aromatic N) is 1. The van der Waals surface area contributed by atoms with Crippen LogP contribution in [0.3, 0.4) is 0 Å². The van der Waals surface area contributed by atoms with Crippen LogP contribution in [0.2, 0.25) is 0 Å². The number of unbranched alkanes of at least 4 members (excludes halogenated alkanes) is 16. The number of fused-ring (bicyclic) bond motifs is 31. The SMILES string of the molecule is CCCCCCCC1(CCCCCCC)c2ccccc2-c2ccc(-c3ccc4c(c3)C(C)(C)c3cc(-c5ccc(N(c6ccc7c(c6)C(C)(C)c6cc(-c8ccc9c(c8)C(C)(C)c8cc(-c%10ccc%11c(c%10)C(CCCCCCC)(CCCCCCC)c%10ccccc%10-%11)ccc8-9)c8oc9ccccc9c8c6-7)c6ccc7c(c6)C(C)(C)c6c8c(c9oc%10ccccc%10c9c6-7)-c6ccccc6C8(C)C)cc5)ccc3-4)cc21. The predicted molar refractivity (Wildman–Crippen MR) is 611 cm³/mol. The molecular formula is C141H139NO2. The van der Waals surface area contributed by atoms with Crippen molar-refractivity contribution >= 4 is 60.9 Å². The molecule has 3 nitrogen and oxygen atoms in total. The summed E-state index contributed by atoms with van der Waals surface area (Å²) >= 11 is 0. The summed E-state index contributed by atoms with van der Waals surface area (Å²) in [7, 11) is 0. The lowest BCUT2D eigenvalue weighted by atomic mass is 9.70. The Morgan fingerprint density at radius 1 is 0.201 bits per heavy atom. The highest BCUT2D eigenvalue weighted by molar-refractivity contribution is 6.22. The lowest BCUT2D eigenvalue weighted by molar-refractivity contribution is 0.399. The fourth-order valence-electron chi connectivity index (χ4n) is 29.2. The summed E-state index contributed by atoms with van der Waals surface area (Å²) in [5, 5.41) is 4.70. The molecule has 25 rings (SSSR count). The molecule has 7 aliphatic carbocycles. The molecule has 7 aliphatic rings. The monoisotopic (exact) mass is 1880 g/mol. The van der Waals surface area contributed by atoms with Crippen molar-refractivity contribution in [3.05, 3.63) is 375 Å². The van der Waals surface area contributed by atoms with Crippen molar-refractivity contribution < 1.29 is 8.83 Å². The second-order valence-electron chi connectivity index (χ2n) is 46.9. The normalized spacial score (nSPS) is 15.8. The molecule has 2 aromatic heterocycles. The minimum Gasteiger partial charge on any atom is -0.455 e. The molecule has 0 unspecified atom stereocenters. The second-order valence-corrected chi connectivity index (χ2v) is 46.9. The van der Waals surface area contributed by atoms with E-state index in [-0.39, 0.29) is 27.1 Å². The zero-order valence-corrected chi connectivity index (χ0v) is 87.5. The maximum Gasteiger partial charge on any atom is 0.144 e. The zero-order valence-electron chi connectivity index (χ0n) is 87.5. The van der Waals surface area contributed by atoms with Crippen molar-refractivity contribution in [1.29, 1.82) is 0 Å². The summed E-state index contributed by atoms with van der Waals surface area (Å²) in [5.74, 6) is 0. The molecular weight excluding hydrogens is 1740 g/mol. The van der Waals surface area contributed by atoms with Gasteiger partial charge in [-0.3, -0.25) is 0 Å². The highest BCUT2D eigenvalue weighted by Gasteiger charge is 2.52. The Bertz CT molecular complexity index is 8210. The van der Waals surface area contributed by atoms with E-state index in [2.05, 4.69) is 399 Å². The Kier molecular flexibility index (Phi) is 22.5. The first-order valence-electron chi connectivity index (χ1n) is 55.4. The molecule has 0 aliphatic heterocycles. The van der Waals surface area contributed by atoms with Gasteiger partial charge in [0.25, 0.3) is 0 Å². The van der Waals surface area contributed by atoms with Gasteiger partial charge in [0.15, 0.2) is 0 Å². The maximum absolute atomic E-state index is 7.38. The van der Waals surface area contributed by atoms with Crippen molar-refractivity contribution in [2.45, 2.75) is 289 Å². The lowest BCUT2D eigenvalue weighted by Gasteiger charge is -2.33. The lowest BCUT2D eigenvalue weighted by Crippen LogP contribution is -2.25. The van der Waals surface area contributed by atoms with E-state index in [4.69, 9.17) is 8.83 Å². The number of benzene rings is 16. The van der Waals surface area contributed by atoms with Crippen LogP contribution in [-0.4, -0.2) is 0 Å². The molecule has 3 heteroatoms. The molecule has 0 atom stereocenters. The Labute approximate surface area is 855 Å². The zero-order chi connectivity index (χ0) is 98.2. The summed E-state index contributed by atoms with van der Waals surface area (Å²) in [5.41, 5.74) is 54.0. The van der Waals surface area contributed by atoms with Crippen molar-refractivity contribution in [3.63, 3.8) is 0 Å². The number of hydrogen-bond acceptors (Lipinski definition) is 3. The molecule has 0 saturated carbocycles. The molecule has 2 heterocycles. The van der Waals surface area contributed by atoms with E-state index in [0.29, 0.717) is 0 Å². The van der Waals surface area contributed by atoms with Crippen molar-refractivity contribution in [2.75, 3.05) is 4.90 Å². The van der Waals surface area contributed by atoms with E-state index in [1.165, 1.54) is 337 Å². The molecule has 0 spiro atoms. The molecule has 18 aromatic rings. The Morgan fingerprint density at radius 2 is 0.500 bits per heavy atom. The van der Waals surface area contributed by atoms with Crippen molar-refractivity contribution in [1.82, 2.24) is 0 Å². The highest BCUT2D eigenvalue weighted by atomic mass is 16.3. The summed E-state index contributed by atoms with van der Waals surface area (Å²) in [6.45, 7) is 34.1. The van der Waals surface area contributed by atoms with E-state index in [9.17, 15) is 0 Å². The highest BCUT2D eigenvalue weighted by Crippen LogP contribution is 2.67. The standard InChI is InChI=1S/C141H139NO2/c1-15-19-23-27-41-75-140(76-42-28-24-20-16-2)113-51-37-31-45-98(113)104-70-60-92(82-121(104)140)90-58-68-101-100-67-57-89(79-115(100)135(5,6)116(101)80-90)88-55-63-95(64-56-88)142(97-66-74-108-120(86-97)139(13,14)131-127(108)129-110-49-35-40-54-125(110)144-134(129)130-106-47-33-36-50-112(106)138(11,12)132(130)131)96-65-73-107-119(85-96)137(9,10)123-87-111(133-128(126(107)123)109-48-34-39-53-124(109)143-133)94-62-72-103-102-69-59-91(81-117(102)136(7,8)118(103)84-94)93-61-71-105-99-46-32-38-52-114(99)141(122(105)83-93,77-43-29-25-21-17-3)78-44-30-26-22-18-4/h31-40,45-74,79-87H,15-30,41-44,75-78H2,1-14H3. The molecule has 16 aromatic carbocycles. The van der Waals surface area contributed by atoms with Crippen LogP contribution in [0.25, 0.3) is 166 Å². The van der Waals surface area contributed by atoms with Crippen LogP contribution in [0.15, 0.2) is 306 Å². The predicted octanol–water partition coefficient (Wildman–Crippen LogP) is 41.1. The van der Waals surface area contributed by atoms with Crippen LogP contribution in [0, 0.1) is 0 Å². The van der Waals surface area contributed by atoms with Gasteiger partial charge in [-0.1, -0.05) is 432 Å². The van der Waals surface area contributed by atoms with Gasteiger partial charge in [-0.25, -0.2) is 0 Å². The van der Waals surface area contributed by atoms with Gasteiger partial charge in [-0.2, -0.15) is 0 Å². The molecule has 0 amide bonds. The fraction of sp³-hybridized carbons (Fsp3) is 0.319. The van der Waals surface area contributed by atoms with Gasteiger partial charge < -0.3 is 13.7 Å². The first-order valence-corrected chi connectivity index (χ1v) is 55.4. The van der Waals surface area contributed by atoms with E-state index in [1.54, 1.807) is 22.3 Å². The summed E-state index contributed by atoms with van der Waals surface area (Å²) in [6.07, 6.45) is 30.7. The van der Waals surface area contributed by atoms with Crippen molar-refractivity contribution in [3.8, 4) is 122 Å². The van der Waals surface area contributed by atoms with Gasteiger partial charge in [-0.05, 0) is 306 Å². The Morgan fingerprint density at radius 3 is 0.958 bits per heavy atom. The van der Waals surface area contributed by atoms with Gasteiger partial charge in [-0.15, -0.1) is 0 Å². The third-order valence-electron chi connectivity index (χ3n) is 36.8. The van der Waals surface area contributed by atoms with Crippen LogP contribution >= 0.6 is 0 Å². The topological polar surface area (TPSA) is 29.5 Å². The summed E-state index contributed by atoms with van der Waals surface area (Å²) < 4.78 is 14.6. The third-order valence-corrected chi connectivity index (χ3v) is 36.8. The van der Waals surface area contributed by atoms with E-state index >= 15 is 0 Å².